The summed E-state index contributed by atoms with van der Waals surface area (Å²) in [6.45, 7) is 6.28. The smallest absolute Gasteiger partial charge is 0.265 e. The molecule has 160 valence electrons. The van der Waals surface area contributed by atoms with E-state index in [-0.39, 0.29) is 11.8 Å². The molecular weight excluding hydrogens is 388 g/mol. The van der Waals surface area contributed by atoms with Crippen molar-refractivity contribution >= 4 is 17.5 Å². The first-order valence-electron chi connectivity index (χ1n) is 10.4. The van der Waals surface area contributed by atoms with Crippen molar-refractivity contribution in [2.75, 3.05) is 5.32 Å². The number of benzene rings is 3. The van der Waals surface area contributed by atoms with Crippen LogP contribution in [0.1, 0.15) is 40.4 Å². The van der Waals surface area contributed by atoms with Gasteiger partial charge in [0.25, 0.3) is 11.8 Å². The lowest BCUT2D eigenvalue weighted by Gasteiger charge is -2.20. The van der Waals surface area contributed by atoms with Crippen molar-refractivity contribution in [2.45, 2.75) is 39.8 Å². The van der Waals surface area contributed by atoms with Crippen LogP contribution in [0.2, 0.25) is 0 Å². The minimum atomic E-state index is -0.665. The lowest BCUT2D eigenvalue weighted by atomic mass is 10.1. The molecule has 1 unspecified atom stereocenters. The summed E-state index contributed by atoms with van der Waals surface area (Å²) in [5, 5.41) is 5.77. The zero-order chi connectivity index (χ0) is 22.2. The van der Waals surface area contributed by atoms with Gasteiger partial charge in [-0.05, 0) is 49.6 Å². The van der Waals surface area contributed by atoms with Crippen LogP contribution in [0.3, 0.4) is 0 Å². The van der Waals surface area contributed by atoms with Crippen LogP contribution in [-0.2, 0) is 11.3 Å². The Morgan fingerprint density at radius 2 is 1.65 bits per heavy atom. The summed E-state index contributed by atoms with van der Waals surface area (Å²) in [6, 6.07) is 22.5. The van der Waals surface area contributed by atoms with Crippen LogP contribution < -0.4 is 15.4 Å². The molecule has 0 aromatic heterocycles. The second-order valence-corrected chi connectivity index (χ2v) is 7.49. The highest BCUT2D eigenvalue weighted by Gasteiger charge is 2.21. The number of anilines is 1. The molecule has 0 fully saturated rings. The molecule has 2 amide bonds. The van der Waals surface area contributed by atoms with Gasteiger partial charge in [-0.3, -0.25) is 9.59 Å². The molecule has 0 bridgehead atoms. The molecule has 0 radical (unpaired) electrons. The van der Waals surface area contributed by atoms with Gasteiger partial charge in [0, 0.05) is 6.54 Å². The van der Waals surface area contributed by atoms with E-state index in [0.29, 0.717) is 30.0 Å². The zero-order valence-electron chi connectivity index (χ0n) is 18.1. The van der Waals surface area contributed by atoms with E-state index in [0.717, 1.165) is 16.7 Å². The van der Waals surface area contributed by atoms with Gasteiger partial charge in [0.1, 0.15) is 5.75 Å². The van der Waals surface area contributed by atoms with Gasteiger partial charge in [0.15, 0.2) is 6.10 Å². The van der Waals surface area contributed by atoms with Crippen molar-refractivity contribution in [2.24, 2.45) is 0 Å². The molecule has 5 heteroatoms. The molecule has 3 aromatic rings. The fraction of sp³-hybridized carbons (Fsp3) is 0.231. The Bertz CT molecular complexity index is 1050. The number of carbonyl (C=O) groups is 2. The van der Waals surface area contributed by atoms with E-state index in [1.807, 2.05) is 69.3 Å². The number of aryl methyl sites for hydroxylation is 2. The number of hydrogen-bond donors (Lipinski definition) is 2. The second kappa shape index (κ2) is 10.4. The highest BCUT2D eigenvalue weighted by Crippen LogP contribution is 2.22. The van der Waals surface area contributed by atoms with Gasteiger partial charge in [-0.1, -0.05) is 67.1 Å². The largest absolute Gasteiger partial charge is 0.480 e. The summed E-state index contributed by atoms with van der Waals surface area (Å²) in [4.78, 5) is 25.6. The second-order valence-electron chi connectivity index (χ2n) is 7.49. The third-order valence-electron chi connectivity index (χ3n) is 4.99. The molecule has 31 heavy (non-hydrogen) atoms. The van der Waals surface area contributed by atoms with Crippen molar-refractivity contribution < 1.29 is 14.3 Å². The topological polar surface area (TPSA) is 67.4 Å². The fourth-order valence-electron chi connectivity index (χ4n) is 3.28. The van der Waals surface area contributed by atoms with Gasteiger partial charge in [-0.15, -0.1) is 0 Å². The minimum Gasteiger partial charge on any atom is -0.480 e. The van der Waals surface area contributed by atoms with Gasteiger partial charge in [-0.2, -0.15) is 0 Å². The van der Waals surface area contributed by atoms with E-state index in [2.05, 4.69) is 10.6 Å². The van der Waals surface area contributed by atoms with Crippen molar-refractivity contribution in [1.82, 2.24) is 5.32 Å². The molecule has 3 aromatic carbocycles. The first kappa shape index (κ1) is 22.1. The monoisotopic (exact) mass is 416 g/mol. The number of amides is 2. The van der Waals surface area contributed by atoms with E-state index >= 15 is 0 Å². The number of para-hydroxylation sites is 1. The van der Waals surface area contributed by atoms with E-state index in [1.165, 1.54) is 0 Å². The van der Waals surface area contributed by atoms with Crippen LogP contribution in [-0.4, -0.2) is 17.9 Å². The Morgan fingerprint density at radius 1 is 0.935 bits per heavy atom. The van der Waals surface area contributed by atoms with Crippen LogP contribution in [0.4, 0.5) is 5.69 Å². The van der Waals surface area contributed by atoms with Gasteiger partial charge in [-0.25, -0.2) is 0 Å². The zero-order valence-corrected chi connectivity index (χ0v) is 18.1. The van der Waals surface area contributed by atoms with Crippen LogP contribution >= 0.6 is 0 Å². The van der Waals surface area contributed by atoms with E-state index < -0.39 is 6.10 Å². The summed E-state index contributed by atoms with van der Waals surface area (Å²) in [5.41, 5.74) is 3.99. The molecule has 1 atom stereocenters. The van der Waals surface area contributed by atoms with Gasteiger partial charge in [0.2, 0.25) is 0 Å². The summed E-state index contributed by atoms with van der Waals surface area (Å²) < 4.78 is 5.98. The molecule has 3 rings (SSSR count). The van der Waals surface area contributed by atoms with Gasteiger partial charge >= 0.3 is 0 Å². The summed E-state index contributed by atoms with van der Waals surface area (Å²) in [6.07, 6.45) is -0.163. The molecule has 0 saturated carbocycles. The maximum Gasteiger partial charge on any atom is 0.265 e. The van der Waals surface area contributed by atoms with Crippen molar-refractivity contribution in [3.63, 3.8) is 0 Å². The number of rotatable bonds is 8. The third kappa shape index (κ3) is 5.95. The van der Waals surface area contributed by atoms with E-state index in [9.17, 15) is 9.59 Å². The Labute approximate surface area is 183 Å². The number of ether oxygens (including phenoxy) is 1. The normalized spacial score (nSPS) is 11.5. The predicted octanol–water partition coefficient (Wildman–Crippen LogP) is 5.03. The average molecular weight is 417 g/mol. The summed E-state index contributed by atoms with van der Waals surface area (Å²) >= 11 is 0. The number of hydrogen-bond acceptors (Lipinski definition) is 3. The molecule has 0 spiro atoms. The van der Waals surface area contributed by atoms with E-state index in [1.54, 1.807) is 24.3 Å². The Balaban J connectivity index is 1.69. The van der Waals surface area contributed by atoms with Gasteiger partial charge in [0.05, 0.1) is 11.3 Å². The maximum absolute atomic E-state index is 12.9. The number of carbonyl (C=O) groups excluding carboxylic acids is 2. The standard InChI is InChI=1S/C26H28N2O3/c1-4-23(31-24-15-14-18(2)16-19(24)3)26(30)28-22-13-9-8-12-21(22)25(29)27-17-20-10-6-5-7-11-20/h5-16,23H,4,17H2,1-3H3,(H,27,29)(H,28,30). The fourth-order valence-corrected chi connectivity index (χ4v) is 3.28. The number of nitrogens with one attached hydrogen (secondary N) is 2. The van der Waals surface area contributed by atoms with Crippen LogP contribution in [0.25, 0.3) is 0 Å². The lowest BCUT2D eigenvalue weighted by molar-refractivity contribution is -0.122. The summed E-state index contributed by atoms with van der Waals surface area (Å²) in [7, 11) is 0. The lowest BCUT2D eigenvalue weighted by Crippen LogP contribution is -2.33. The van der Waals surface area contributed by atoms with Crippen molar-refractivity contribution in [3.8, 4) is 5.75 Å². The predicted molar refractivity (Wildman–Crippen MR) is 123 cm³/mol. The Kier molecular flexibility index (Phi) is 7.44. The third-order valence-corrected chi connectivity index (χ3v) is 4.99. The SMILES string of the molecule is CCC(Oc1ccc(C)cc1C)C(=O)Nc1ccccc1C(=O)NCc1ccccc1. The Hall–Kier alpha value is -3.60. The van der Waals surface area contributed by atoms with Gasteiger partial charge < -0.3 is 15.4 Å². The molecular formula is C26H28N2O3. The molecule has 0 aliphatic carbocycles. The van der Waals surface area contributed by atoms with Crippen molar-refractivity contribution in [1.29, 1.82) is 0 Å². The first-order valence-corrected chi connectivity index (χ1v) is 10.4. The average Bonchev–Trinajstić information content (AvgIpc) is 2.78. The maximum atomic E-state index is 12.9. The Morgan fingerprint density at radius 3 is 2.35 bits per heavy atom. The van der Waals surface area contributed by atoms with Crippen LogP contribution in [0, 0.1) is 13.8 Å². The molecule has 2 N–H and O–H groups in total. The highest BCUT2D eigenvalue weighted by atomic mass is 16.5. The highest BCUT2D eigenvalue weighted by molar-refractivity contribution is 6.04. The van der Waals surface area contributed by atoms with Crippen molar-refractivity contribution in [3.05, 3.63) is 95.1 Å². The van der Waals surface area contributed by atoms with E-state index in [4.69, 9.17) is 4.74 Å². The molecule has 0 aliphatic heterocycles. The molecule has 0 aliphatic rings. The molecule has 0 heterocycles. The molecule has 0 saturated heterocycles. The van der Waals surface area contributed by atoms with Crippen LogP contribution in [0.5, 0.6) is 5.75 Å². The first-order chi connectivity index (χ1) is 15.0. The summed E-state index contributed by atoms with van der Waals surface area (Å²) in [5.74, 6) is 0.148. The van der Waals surface area contributed by atoms with Crippen LogP contribution in [0.15, 0.2) is 72.8 Å². The quantitative estimate of drug-likeness (QED) is 0.541. The minimum absolute atomic E-state index is 0.247. The molecule has 5 nitrogen and oxygen atoms in total.